The van der Waals surface area contributed by atoms with E-state index in [0.717, 1.165) is 18.7 Å². The number of nitrogens with two attached hydrogens (primary N) is 1. The van der Waals surface area contributed by atoms with E-state index in [9.17, 15) is 4.39 Å². The molecule has 0 aliphatic heterocycles. The van der Waals surface area contributed by atoms with Gasteiger partial charge in [0.25, 0.3) is 0 Å². The van der Waals surface area contributed by atoms with E-state index in [1.807, 2.05) is 11.8 Å². The van der Waals surface area contributed by atoms with Crippen LogP contribution < -0.4 is 11.1 Å². The molecular formula is C13H20BrFN2S. The fraction of sp³-hybridized carbons (Fsp3) is 0.538. The van der Waals surface area contributed by atoms with Crippen molar-refractivity contribution in [1.29, 1.82) is 0 Å². The van der Waals surface area contributed by atoms with Crippen molar-refractivity contribution in [3.63, 3.8) is 0 Å². The third-order valence-corrected chi connectivity index (χ3v) is 3.99. The summed E-state index contributed by atoms with van der Waals surface area (Å²) in [6.45, 7) is 0.877. The van der Waals surface area contributed by atoms with Crippen LogP contribution in [0.25, 0.3) is 0 Å². The lowest BCUT2D eigenvalue weighted by molar-refractivity contribution is 0.622. The molecule has 0 amide bonds. The SMILES string of the molecule is CSCCCCCCNc1cc(Br)c(F)cc1N. The van der Waals surface area contributed by atoms with Gasteiger partial charge in [0.05, 0.1) is 15.8 Å². The van der Waals surface area contributed by atoms with E-state index in [4.69, 9.17) is 5.73 Å². The van der Waals surface area contributed by atoms with Crippen molar-refractivity contribution < 1.29 is 4.39 Å². The highest BCUT2D eigenvalue weighted by atomic mass is 79.9. The van der Waals surface area contributed by atoms with E-state index >= 15 is 0 Å². The quantitative estimate of drug-likeness (QED) is 0.542. The molecule has 0 spiro atoms. The average Bonchev–Trinajstić information content (AvgIpc) is 2.34. The van der Waals surface area contributed by atoms with Crippen molar-refractivity contribution in [3.05, 3.63) is 22.4 Å². The van der Waals surface area contributed by atoms with Gasteiger partial charge in [-0.2, -0.15) is 11.8 Å². The number of thioether (sulfide) groups is 1. The summed E-state index contributed by atoms with van der Waals surface area (Å²) in [4.78, 5) is 0. The summed E-state index contributed by atoms with van der Waals surface area (Å²) in [7, 11) is 0. The number of hydrogen-bond donors (Lipinski definition) is 2. The summed E-state index contributed by atoms with van der Waals surface area (Å²) in [5.41, 5.74) is 7.00. The van der Waals surface area contributed by atoms with Gasteiger partial charge in [0.1, 0.15) is 5.82 Å². The van der Waals surface area contributed by atoms with Crippen LogP contribution in [0.4, 0.5) is 15.8 Å². The van der Waals surface area contributed by atoms with Crippen LogP contribution in [0.2, 0.25) is 0 Å². The Morgan fingerprint density at radius 3 is 2.72 bits per heavy atom. The highest BCUT2D eigenvalue weighted by molar-refractivity contribution is 9.10. The fourth-order valence-electron chi connectivity index (χ4n) is 1.66. The van der Waals surface area contributed by atoms with Gasteiger partial charge in [0, 0.05) is 12.6 Å². The van der Waals surface area contributed by atoms with Gasteiger partial charge >= 0.3 is 0 Å². The summed E-state index contributed by atoms with van der Waals surface area (Å²) in [6.07, 6.45) is 7.02. The first-order chi connectivity index (χ1) is 8.65. The van der Waals surface area contributed by atoms with Crippen LogP contribution in [0.15, 0.2) is 16.6 Å². The molecular weight excluding hydrogens is 315 g/mol. The van der Waals surface area contributed by atoms with E-state index in [2.05, 4.69) is 27.5 Å². The standard InChI is InChI=1S/C13H20BrFN2S/c1-18-7-5-3-2-4-6-17-13-8-10(14)11(15)9-12(13)16/h8-9,17H,2-7,16H2,1H3. The normalized spacial score (nSPS) is 10.6. The van der Waals surface area contributed by atoms with Gasteiger partial charge in [0.15, 0.2) is 0 Å². The fourth-order valence-corrected chi connectivity index (χ4v) is 2.50. The van der Waals surface area contributed by atoms with Gasteiger partial charge in [-0.15, -0.1) is 0 Å². The van der Waals surface area contributed by atoms with Gasteiger partial charge in [-0.25, -0.2) is 4.39 Å². The van der Waals surface area contributed by atoms with Crippen molar-refractivity contribution in [1.82, 2.24) is 0 Å². The highest BCUT2D eigenvalue weighted by Gasteiger charge is 2.05. The lowest BCUT2D eigenvalue weighted by Gasteiger charge is -2.10. The first kappa shape index (κ1) is 15.6. The van der Waals surface area contributed by atoms with E-state index < -0.39 is 0 Å². The largest absolute Gasteiger partial charge is 0.397 e. The van der Waals surface area contributed by atoms with Crippen molar-refractivity contribution >= 4 is 39.1 Å². The van der Waals surface area contributed by atoms with E-state index in [-0.39, 0.29) is 5.82 Å². The van der Waals surface area contributed by atoms with E-state index in [1.54, 1.807) is 6.07 Å². The molecule has 0 atom stereocenters. The molecule has 0 aliphatic carbocycles. The second-order valence-electron chi connectivity index (χ2n) is 4.19. The maximum Gasteiger partial charge on any atom is 0.139 e. The molecule has 18 heavy (non-hydrogen) atoms. The predicted molar refractivity (Wildman–Crippen MR) is 83.9 cm³/mol. The van der Waals surface area contributed by atoms with Gasteiger partial charge in [-0.3, -0.25) is 0 Å². The van der Waals surface area contributed by atoms with Crippen LogP contribution in [-0.4, -0.2) is 18.6 Å². The molecule has 1 aromatic rings. The second-order valence-corrected chi connectivity index (χ2v) is 6.03. The Hall–Kier alpha value is -0.420. The zero-order chi connectivity index (χ0) is 13.4. The maximum atomic E-state index is 13.2. The molecule has 0 aromatic heterocycles. The third kappa shape index (κ3) is 5.48. The van der Waals surface area contributed by atoms with Crippen LogP contribution in [0.3, 0.4) is 0 Å². The average molecular weight is 335 g/mol. The zero-order valence-corrected chi connectivity index (χ0v) is 13.0. The summed E-state index contributed by atoms with van der Waals surface area (Å²) in [5, 5.41) is 3.25. The number of anilines is 2. The Bertz CT molecular complexity index is 374. The molecule has 0 saturated carbocycles. The molecule has 0 aliphatic rings. The molecule has 2 nitrogen and oxygen atoms in total. The molecule has 102 valence electrons. The minimum absolute atomic E-state index is 0.324. The molecule has 0 heterocycles. The number of nitrogen functional groups attached to an aromatic ring is 1. The van der Waals surface area contributed by atoms with Crippen molar-refractivity contribution in [3.8, 4) is 0 Å². The summed E-state index contributed by atoms with van der Waals surface area (Å²) < 4.78 is 13.6. The van der Waals surface area contributed by atoms with Gasteiger partial charge in [-0.05, 0) is 46.8 Å². The first-order valence-electron chi connectivity index (χ1n) is 6.12. The lowest BCUT2D eigenvalue weighted by Crippen LogP contribution is -2.05. The second kappa shape index (κ2) is 8.64. The number of nitrogens with one attached hydrogen (secondary N) is 1. The van der Waals surface area contributed by atoms with Crippen molar-refractivity contribution in [2.24, 2.45) is 0 Å². The summed E-state index contributed by atoms with van der Waals surface area (Å²) >= 11 is 5.05. The molecule has 3 N–H and O–H groups in total. The van der Waals surface area contributed by atoms with Gasteiger partial charge < -0.3 is 11.1 Å². The van der Waals surface area contributed by atoms with E-state index in [1.165, 1.54) is 31.1 Å². The predicted octanol–water partition coefficient (Wildman–Crippen LogP) is 4.51. The van der Waals surface area contributed by atoms with Crippen LogP contribution in [0.1, 0.15) is 25.7 Å². The lowest BCUT2D eigenvalue weighted by atomic mass is 10.2. The summed E-state index contributed by atoms with van der Waals surface area (Å²) in [6, 6.07) is 3.03. The Labute approximate surface area is 121 Å². The smallest absolute Gasteiger partial charge is 0.139 e. The van der Waals surface area contributed by atoms with Crippen molar-refractivity contribution in [2.45, 2.75) is 25.7 Å². The Morgan fingerprint density at radius 1 is 1.28 bits per heavy atom. The van der Waals surface area contributed by atoms with E-state index in [0.29, 0.717) is 10.2 Å². The Morgan fingerprint density at radius 2 is 2.00 bits per heavy atom. The topological polar surface area (TPSA) is 38.0 Å². The van der Waals surface area contributed by atoms with Crippen molar-refractivity contribution in [2.75, 3.05) is 29.6 Å². The first-order valence-corrected chi connectivity index (χ1v) is 8.31. The Kier molecular flexibility index (Phi) is 7.51. The monoisotopic (exact) mass is 334 g/mol. The molecule has 0 fully saturated rings. The van der Waals surface area contributed by atoms with Gasteiger partial charge in [-0.1, -0.05) is 12.8 Å². The van der Waals surface area contributed by atoms with Crippen LogP contribution in [-0.2, 0) is 0 Å². The molecule has 0 bridgehead atoms. The number of benzene rings is 1. The highest BCUT2D eigenvalue weighted by Crippen LogP contribution is 2.26. The minimum atomic E-state index is -0.324. The Balaban J connectivity index is 2.25. The number of unbranched alkanes of at least 4 members (excludes halogenated alkanes) is 3. The third-order valence-electron chi connectivity index (χ3n) is 2.68. The molecule has 5 heteroatoms. The molecule has 0 unspecified atom stereocenters. The molecule has 0 saturated heterocycles. The van der Waals surface area contributed by atoms with Crippen LogP contribution in [0.5, 0.6) is 0 Å². The number of rotatable bonds is 8. The van der Waals surface area contributed by atoms with Crippen LogP contribution >= 0.6 is 27.7 Å². The number of halogens is 2. The molecule has 0 radical (unpaired) electrons. The number of hydrogen-bond acceptors (Lipinski definition) is 3. The summed E-state index contributed by atoms with van der Waals surface area (Å²) in [5.74, 6) is 0.917. The minimum Gasteiger partial charge on any atom is -0.397 e. The molecule has 1 aromatic carbocycles. The maximum absolute atomic E-state index is 13.2. The zero-order valence-electron chi connectivity index (χ0n) is 10.6. The van der Waals surface area contributed by atoms with Gasteiger partial charge in [0.2, 0.25) is 0 Å². The molecule has 1 rings (SSSR count). The van der Waals surface area contributed by atoms with Crippen LogP contribution in [0, 0.1) is 5.82 Å².